The number of nitrogens with one attached hydrogen (secondary N) is 1. The van der Waals surface area contributed by atoms with Crippen LogP contribution in [0.3, 0.4) is 0 Å². The molecule has 0 radical (unpaired) electrons. The van der Waals surface area contributed by atoms with Crippen molar-refractivity contribution in [3.63, 3.8) is 0 Å². The molecule has 2 rings (SSSR count). The maximum atomic E-state index is 12.9. The Bertz CT molecular complexity index is 503. The van der Waals surface area contributed by atoms with Gasteiger partial charge >= 0.3 is 0 Å². The maximum absolute atomic E-state index is 12.9. The van der Waals surface area contributed by atoms with E-state index in [-0.39, 0.29) is 5.82 Å². The quantitative estimate of drug-likeness (QED) is 0.830. The summed E-state index contributed by atoms with van der Waals surface area (Å²) in [7, 11) is 0. The predicted octanol–water partition coefficient (Wildman–Crippen LogP) is 4.23. The summed E-state index contributed by atoms with van der Waals surface area (Å²) >= 11 is 0. The third kappa shape index (κ3) is 2.64. The van der Waals surface area contributed by atoms with Crippen LogP contribution in [0.5, 0.6) is 0 Å². The van der Waals surface area contributed by atoms with Gasteiger partial charge in [0.05, 0.1) is 0 Å². The van der Waals surface area contributed by atoms with Gasteiger partial charge in [-0.2, -0.15) is 0 Å². The number of hydrogen-bond donors (Lipinski definition) is 1. The predicted molar refractivity (Wildman–Crippen MR) is 70.7 cm³/mol. The molecule has 0 fully saturated rings. The van der Waals surface area contributed by atoms with Crippen LogP contribution in [0.4, 0.5) is 10.1 Å². The molecule has 0 aromatic heterocycles. The Balaban J connectivity index is 2.39. The van der Waals surface area contributed by atoms with Crippen LogP contribution in [-0.2, 0) is 0 Å². The molecule has 17 heavy (non-hydrogen) atoms. The number of benzene rings is 2. The fourth-order valence-corrected chi connectivity index (χ4v) is 1.82. The standard InChI is InChI=1S/C15H16FN/c1-3-17-15-10-13(5-4-11(15)2)12-6-8-14(16)9-7-12/h4-10,17H,3H2,1-2H3. The summed E-state index contributed by atoms with van der Waals surface area (Å²) in [5.41, 5.74) is 4.49. The fraction of sp³-hybridized carbons (Fsp3) is 0.200. The van der Waals surface area contributed by atoms with Crippen molar-refractivity contribution >= 4 is 5.69 Å². The van der Waals surface area contributed by atoms with E-state index in [1.807, 2.05) is 0 Å². The Labute approximate surface area is 101 Å². The van der Waals surface area contributed by atoms with E-state index in [4.69, 9.17) is 0 Å². The summed E-state index contributed by atoms with van der Waals surface area (Å²) in [6.45, 7) is 5.05. The lowest BCUT2D eigenvalue weighted by Gasteiger charge is -2.10. The van der Waals surface area contributed by atoms with Gasteiger partial charge in [0.2, 0.25) is 0 Å². The van der Waals surface area contributed by atoms with Gasteiger partial charge in [0, 0.05) is 12.2 Å². The van der Waals surface area contributed by atoms with Crippen LogP contribution in [0.15, 0.2) is 42.5 Å². The molecule has 0 bridgehead atoms. The molecule has 0 aliphatic carbocycles. The fourth-order valence-electron chi connectivity index (χ4n) is 1.82. The molecule has 0 saturated carbocycles. The molecule has 0 saturated heterocycles. The highest BCUT2D eigenvalue weighted by molar-refractivity contribution is 5.69. The zero-order valence-corrected chi connectivity index (χ0v) is 10.1. The number of halogens is 1. The van der Waals surface area contributed by atoms with E-state index in [2.05, 4.69) is 37.4 Å². The average Bonchev–Trinajstić information content (AvgIpc) is 2.33. The van der Waals surface area contributed by atoms with Crippen LogP contribution in [0.1, 0.15) is 12.5 Å². The lowest BCUT2D eigenvalue weighted by atomic mass is 10.0. The minimum absolute atomic E-state index is 0.201. The molecule has 88 valence electrons. The van der Waals surface area contributed by atoms with E-state index in [1.165, 1.54) is 17.7 Å². The van der Waals surface area contributed by atoms with Gasteiger partial charge in [0.1, 0.15) is 5.82 Å². The van der Waals surface area contributed by atoms with Crippen LogP contribution in [0.2, 0.25) is 0 Å². The number of hydrogen-bond acceptors (Lipinski definition) is 1. The Morgan fingerprint density at radius 3 is 2.29 bits per heavy atom. The molecule has 0 heterocycles. The van der Waals surface area contributed by atoms with Gasteiger partial charge in [0.25, 0.3) is 0 Å². The van der Waals surface area contributed by atoms with E-state index in [0.717, 1.165) is 23.4 Å². The second kappa shape index (κ2) is 5.00. The van der Waals surface area contributed by atoms with Crippen molar-refractivity contribution in [2.45, 2.75) is 13.8 Å². The summed E-state index contributed by atoms with van der Waals surface area (Å²) in [4.78, 5) is 0. The molecule has 0 aliphatic heterocycles. The van der Waals surface area contributed by atoms with Crippen molar-refractivity contribution in [3.05, 3.63) is 53.8 Å². The lowest BCUT2D eigenvalue weighted by Crippen LogP contribution is -1.98. The third-order valence-corrected chi connectivity index (χ3v) is 2.78. The first-order chi connectivity index (χ1) is 8.20. The zero-order valence-electron chi connectivity index (χ0n) is 10.1. The van der Waals surface area contributed by atoms with Crippen LogP contribution in [-0.4, -0.2) is 6.54 Å². The van der Waals surface area contributed by atoms with E-state index in [0.29, 0.717) is 0 Å². The van der Waals surface area contributed by atoms with Crippen LogP contribution in [0, 0.1) is 12.7 Å². The topological polar surface area (TPSA) is 12.0 Å². The van der Waals surface area contributed by atoms with E-state index < -0.39 is 0 Å². The van der Waals surface area contributed by atoms with Crippen molar-refractivity contribution in [2.75, 3.05) is 11.9 Å². The third-order valence-electron chi connectivity index (χ3n) is 2.78. The van der Waals surface area contributed by atoms with Gasteiger partial charge in [-0.25, -0.2) is 4.39 Å². The molecule has 1 nitrogen and oxygen atoms in total. The highest BCUT2D eigenvalue weighted by atomic mass is 19.1. The SMILES string of the molecule is CCNc1cc(-c2ccc(F)cc2)ccc1C. The summed E-state index contributed by atoms with van der Waals surface area (Å²) < 4.78 is 12.9. The van der Waals surface area contributed by atoms with Gasteiger partial charge < -0.3 is 5.32 Å². The van der Waals surface area contributed by atoms with E-state index in [1.54, 1.807) is 12.1 Å². The molecular weight excluding hydrogens is 213 g/mol. The highest BCUT2D eigenvalue weighted by Gasteiger charge is 2.02. The van der Waals surface area contributed by atoms with Gasteiger partial charge in [-0.15, -0.1) is 0 Å². The number of rotatable bonds is 3. The van der Waals surface area contributed by atoms with Crippen molar-refractivity contribution < 1.29 is 4.39 Å². The minimum atomic E-state index is -0.201. The van der Waals surface area contributed by atoms with Crippen molar-refractivity contribution in [1.82, 2.24) is 0 Å². The first-order valence-electron chi connectivity index (χ1n) is 5.81. The number of anilines is 1. The Hall–Kier alpha value is -1.83. The summed E-state index contributed by atoms with van der Waals surface area (Å²) in [5.74, 6) is -0.201. The first-order valence-corrected chi connectivity index (χ1v) is 5.81. The molecule has 0 spiro atoms. The summed E-state index contributed by atoms with van der Waals surface area (Å²) in [6, 6.07) is 12.8. The maximum Gasteiger partial charge on any atom is 0.123 e. The average molecular weight is 229 g/mol. The summed E-state index contributed by atoms with van der Waals surface area (Å²) in [5, 5.41) is 3.32. The lowest BCUT2D eigenvalue weighted by molar-refractivity contribution is 0.628. The van der Waals surface area contributed by atoms with Crippen molar-refractivity contribution in [3.8, 4) is 11.1 Å². The van der Waals surface area contributed by atoms with Crippen LogP contribution in [0.25, 0.3) is 11.1 Å². The Morgan fingerprint density at radius 1 is 1.00 bits per heavy atom. The second-order valence-electron chi connectivity index (χ2n) is 4.07. The summed E-state index contributed by atoms with van der Waals surface area (Å²) in [6.07, 6.45) is 0. The molecule has 2 aromatic carbocycles. The molecule has 2 aromatic rings. The van der Waals surface area contributed by atoms with Crippen molar-refractivity contribution in [1.29, 1.82) is 0 Å². The van der Waals surface area contributed by atoms with Crippen LogP contribution < -0.4 is 5.32 Å². The van der Waals surface area contributed by atoms with Gasteiger partial charge in [-0.3, -0.25) is 0 Å². The second-order valence-corrected chi connectivity index (χ2v) is 4.07. The highest BCUT2D eigenvalue weighted by Crippen LogP contribution is 2.25. The minimum Gasteiger partial charge on any atom is -0.385 e. The zero-order chi connectivity index (χ0) is 12.3. The smallest absolute Gasteiger partial charge is 0.123 e. The Morgan fingerprint density at radius 2 is 1.65 bits per heavy atom. The molecule has 2 heteroatoms. The largest absolute Gasteiger partial charge is 0.385 e. The van der Waals surface area contributed by atoms with Gasteiger partial charge in [0.15, 0.2) is 0 Å². The molecule has 1 N–H and O–H groups in total. The van der Waals surface area contributed by atoms with Crippen molar-refractivity contribution in [2.24, 2.45) is 0 Å². The Kier molecular flexibility index (Phi) is 3.43. The van der Waals surface area contributed by atoms with Gasteiger partial charge in [-0.1, -0.05) is 24.3 Å². The van der Waals surface area contributed by atoms with E-state index in [9.17, 15) is 4.39 Å². The normalized spacial score (nSPS) is 10.3. The van der Waals surface area contributed by atoms with Crippen LogP contribution >= 0.6 is 0 Å². The molecule has 0 unspecified atom stereocenters. The monoisotopic (exact) mass is 229 g/mol. The molecule has 0 aliphatic rings. The van der Waals surface area contributed by atoms with E-state index >= 15 is 0 Å². The molecule has 0 amide bonds. The van der Waals surface area contributed by atoms with Gasteiger partial charge in [-0.05, 0) is 48.7 Å². The number of aryl methyl sites for hydroxylation is 1. The molecule has 0 atom stereocenters. The first kappa shape index (κ1) is 11.6. The molecular formula is C15H16FN.